The molecule has 0 aliphatic carbocycles. The number of pyridine rings is 1. The molecule has 0 unspecified atom stereocenters. The predicted octanol–water partition coefficient (Wildman–Crippen LogP) is 1.91. The first-order valence-electron chi connectivity index (χ1n) is 7.01. The highest BCUT2D eigenvalue weighted by atomic mass is 16.5. The lowest BCUT2D eigenvalue weighted by atomic mass is 10.1. The van der Waals surface area contributed by atoms with Gasteiger partial charge in [0.1, 0.15) is 11.4 Å². The van der Waals surface area contributed by atoms with Crippen LogP contribution in [0.2, 0.25) is 0 Å². The molecule has 0 fully saturated rings. The molecule has 0 saturated heterocycles. The van der Waals surface area contributed by atoms with Gasteiger partial charge in [-0.3, -0.25) is 4.79 Å². The first kappa shape index (κ1) is 15.3. The van der Waals surface area contributed by atoms with Crippen molar-refractivity contribution < 1.29 is 14.3 Å². The van der Waals surface area contributed by atoms with Crippen LogP contribution in [0.25, 0.3) is 11.3 Å². The molecule has 8 nitrogen and oxygen atoms in total. The number of hydrogen-bond acceptors (Lipinski definition) is 6. The summed E-state index contributed by atoms with van der Waals surface area (Å²) in [6.07, 6.45) is 1.37. The van der Waals surface area contributed by atoms with Crippen LogP contribution in [0.3, 0.4) is 0 Å². The monoisotopic (exact) mass is 323 g/mol. The van der Waals surface area contributed by atoms with Crippen LogP contribution in [0.1, 0.15) is 21.0 Å². The van der Waals surface area contributed by atoms with Gasteiger partial charge in [0.05, 0.1) is 19.0 Å². The summed E-state index contributed by atoms with van der Waals surface area (Å²) in [4.78, 5) is 27.7. The van der Waals surface area contributed by atoms with Gasteiger partial charge in [-0.2, -0.15) is 15.4 Å². The van der Waals surface area contributed by atoms with E-state index in [1.807, 2.05) is 30.3 Å². The van der Waals surface area contributed by atoms with Crippen molar-refractivity contribution in [3.63, 3.8) is 0 Å². The third-order valence-electron chi connectivity index (χ3n) is 3.23. The fourth-order valence-corrected chi connectivity index (χ4v) is 2.07. The Bertz CT molecular complexity index is 859. The summed E-state index contributed by atoms with van der Waals surface area (Å²) in [5.41, 5.74) is 1.97. The number of hydrogen-bond donors (Lipinski definition) is 2. The smallest absolute Gasteiger partial charge is 0.356 e. The number of nitrogens with zero attached hydrogens (tertiary/aromatic N) is 3. The maximum absolute atomic E-state index is 12.4. The summed E-state index contributed by atoms with van der Waals surface area (Å²) in [5, 5.41) is 13.0. The van der Waals surface area contributed by atoms with Crippen molar-refractivity contribution in [2.24, 2.45) is 0 Å². The number of rotatable bonds is 4. The van der Waals surface area contributed by atoms with E-state index in [1.165, 1.54) is 19.4 Å². The van der Waals surface area contributed by atoms with Crippen LogP contribution in [0, 0.1) is 0 Å². The quantitative estimate of drug-likeness (QED) is 0.710. The summed E-state index contributed by atoms with van der Waals surface area (Å²) >= 11 is 0. The van der Waals surface area contributed by atoms with Crippen LogP contribution < -0.4 is 5.32 Å². The third-order valence-corrected chi connectivity index (χ3v) is 3.23. The first-order valence-corrected chi connectivity index (χ1v) is 7.01. The van der Waals surface area contributed by atoms with Crippen LogP contribution in [0.5, 0.6) is 0 Å². The zero-order valence-corrected chi connectivity index (χ0v) is 12.7. The molecule has 2 N–H and O–H groups in total. The topological polar surface area (TPSA) is 110 Å². The Labute approximate surface area is 136 Å². The lowest BCUT2D eigenvalue weighted by Gasteiger charge is -2.05. The summed E-state index contributed by atoms with van der Waals surface area (Å²) in [6.45, 7) is 0. The number of methoxy groups -OCH3 is 1. The Balaban J connectivity index is 1.79. The van der Waals surface area contributed by atoms with Crippen molar-refractivity contribution in [2.75, 3.05) is 12.4 Å². The maximum atomic E-state index is 12.4. The van der Waals surface area contributed by atoms with Crippen molar-refractivity contribution >= 4 is 17.6 Å². The van der Waals surface area contributed by atoms with Gasteiger partial charge in [0.2, 0.25) is 0 Å². The largest absolute Gasteiger partial charge is 0.464 e. The van der Waals surface area contributed by atoms with Gasteiger partial charge in [-0.1, -0.05) is 30.3 Å². The second-order valence-corrected chi connectivity index (χ2v) is 4.76. The zero-order valence-electron chi connectivity index (χ0n) is 12.7. The summed E-state index contributed by atoms with van der Waals surface area (Å²) < 4.78 is 4.57. The molecule has 1 aromatic carbocycles. The second kappa shape index (κ2) is 6.69. The van der Waals surface area contributed by atoms with E-state index in [2.05, 4.69) is 30.4 Å². The van der Waals surface area contributed by atoms with Crippen molar-refractivity contribution in [1.29, 1.82) is 0 Å². The first-order chi connectivity index (χ1) is 11.7. The van der Waals surface area contributed by atoms with Gasteiger partial charge in [-0.15, -0.1) is 0 Å². The van der Waals surface area contributed by atoms with E-state index in [0.717, 1.165) is 5.56 Å². The molecule has 24 heavy (non-hydrogen) atoms. The highest BCUT2D eigenvalue weighted by molar-refractivity contribution is 6.06. The predicted molar refractivity (Wildman–Crippen MR) is 85.3 cm³/mol. The molecule has 3 rings (SSSR count). The average molecular weight is 323 g/mol. The maximum Gasteiger partial charge on any atom is 0.356 e. The fourth-order valence-electron chi connectivity index (χ4n) is 2.07. The van der Waals surface area contributed by atoms with E-state index in [9.17, 15) is 9.59 Å². The Morgan fingerprint density at radius 2 is 1.88 bits per heavy atom. The average Bonchev–Trinajstić information content (AvgIpc) is 3.12. The molecular weight excluding hydrogens is 310 g/mol. The Morgan fingerprint density at radius 3 is 2.54 bits per heavy atom. The summed E-state index contributed by atoms with van der Waals surface area (Å²) in [6, 6.07) is 12.3. The van der Waals surface area contributed by atoms with E-state index in [-0.39, 0.29) is 11.4 Å². The molecule has 0 spiro atoms. The summed E-state index contributed by atoms with van der Waals surface area (Å²) in [7, 11) is 1.27. The van der Waals surface area contributed by atoms with Gasteiger partial charge >= 0.3 is 5.97 Å². The van der Waals surface area contributed by atoms with Gasteiger partial charge in [-0.05, 0) is 12.1 Å². The zero-order chi connectivity index (χ0) is 16.9. The van der Waals surface area contributed by atoms with E-state index in [0.29, 0.717) is 11.4 Å². The lowest BCUT2D eigenvalue weighted by molar-refractivity contribution is 0.0594. The van der Waals surface area contributed by atoms with E-state index in [4.69, 9.17) is 0 Å². The van der Waals surface area contributed by atoms with Gasteiger partial charge in [0.15, 0.2) is 5.69 Å². The molecule has 0 atom stereocenters. The molecule has 0 saturated carbocycles. The SMILES string of the molecule is COC(=O)c1ccc(NC(=O)c2n[nH]nc2-c2ccccc2)cn1. The minimum atomic E-state index is -0.546. The molecule has 0 aliphatic rings. The number of aromatic nitrogens is 4. The molecule has 0 aliphatic heterocycles. The van der Waals surface area contributed by atoms with Gasteiger partial charge in [-0.25, -0.2) is 9.78 Å². The van der Waals surface area contributed by atoms with Gasteiger partial charge in [0, 0.05) is 5.56 Å². The number of benzene rings is 1. The van der Waals surface area contributed by atoms with Crippen molar-refractivity contribution in [1.82, 2.24) is 20.4 Å². The van der Waals surface area contributed by atoms with Crippen molar-refractivity contribution in [2.45, 2.75) is 0 Å². The van der Waals surface area contributed by atoms with Crippen LogP contribution in [0.4, 0.5) is 5.69 Å². The van der Waals surface area contributed by atoms with Crippen LogP contribution in [-0.2, 0) is 4.74 Å². The number of esters is 1. The molecule has 1 amide bonds. The van der Waals surface area contributed by atoms with E-state index in [1.54, 1.807) is 6.07 Å². The van der Waals surface area contributed by atoms with Gasteiger partial charge in [0.25, 0.3) is 5.91 Å². The Hall–Kier alpha value is -3.55. The second-order valence-electron chi connectivity index (χ2n) is 4.76. The number of aromatic amines is 1. The minimum Gasteiger partial charge on any atom is -0.464 e. The molecular formula is C16H13N5O3. The number of carbonyl (C=O) groups is 2. The molecule has 0 radical (unpaired) electrons. The standard InChI is InChI=1S/C16H13N5O3/c1-24-16(23)12-8-7-11(9-17-12)18-15(22)14-13(19-21-20-14)10-5-3-2-4-6-10/h2-9H,1H3,(H,18,22)(H,19,20,21). The number of anilines is 1. The molecule has 2 aromatic heterocycles. The number of nitrogens with one attached hydrogen (secondary N) is 2. The molecule has 3 aromatic rings. The molecule has 8 heteroatoms. The van der Waals surface area contributed by atoms with Crippen LogP contribution in [-0.4, -0.2) is 39.4 Å². The summed E-state index contributed by atoms with van der Waals surface area (Å²) in [5.74, 6) is -0.981. The van der Waals surface area contributed by atoms with Crippen molar-refractivity contribution in [3.8, 4) is 11.3 Å². The van der Waals surface area contributed by atoms with Crippen LogP contribution >= 0.6 is 0 Å². The third kappa shape index (κ3) is 3.12. The van der Waals surface area contributed by atoms with E-state index < -0.39 is 11.9 Å². The fraction of sp³-hybridized carbons (Fsp3) is 0.0625. The molecule has 2 heterocycles. The van der Waals surface area contributed by atoms with Crippen molar-refractivity contribution in [3.05, 3.63) is 60.0 Å². The highest BCUT2D eigenvalue weighted by Crippen LogP contribution is 2.20. The van der Waals surface area contributed by atoms with E-state index >= 15 is 0 Å². The number of H-pyrrole nitrogens is 1. The number of ether oxygens (including phenoxy) is 1. The normalized spacial score (nSPS) is 10.2. The van der Waals surface area contributed by atoms with Gasteiger partial charge < -0.3 is 10.1 Å². The van der Waals surface area contributed by atoms with Crippen LogP contribution in [0.15, 0.2) is 48.7 Å². The Morgan fingerprint density at radius 1 is 1.08 bits per heavy atom. The lowest BCUT2D eigenvalue weighted by Crippen LogP contribution is -2.14. The number of amides is 1. The highest BCUT2D eigenvalue weighted by Gasteiger charge is 2.18. The number of carbonyl (C=O) groups excluding carboxylic acids is 2. The molecule has 120 valence electrons. The minimum absolute atomic E-state index is 0.155. The Kier molecular flexibility index (Phi) is 4.28. The molecule has 0 bridgehead atoms.